The van der Waals surface area contributed by atoms with Crippen LogP contribution in [-0.2, 0) is 26.2 Å². The van der Waals surface area contributed by atoms with E-state index in [0.717, 1.165) is 16.9 Å². The maximum Gasteiger partial charge on any atom is 0.243 e. The van der Waals surface area contributed by atoms with Crippen LogP contribution in [0.5, 0.6) is 5.75 Å². The van der Waals surface area contributed by atoms with Gasteiger partial charge in [0, 0.05) is 25.6 Å². The Kier molecular flexibility index (Phi) is 7.87. The van der Waals surface area contributed by atoms with E-state index >= 15 is 0 Å². The molecular formula is C23H29N3O5S. The second-order valence-electron chi connectivity index (χ2n) is 7.83. The smallest absolute Gasteiger partial charge is 0.243 e. The van der Waals surface area contributed by atoms with E-state index in [4.69, 9.17) is 4.74 Å². The lowest BCUT2D eigenvalue weighted by molar-refractivity contribution is -0.129. The molecule has 0 aromatic heterocycles. The quantitative estimate of drug-likeness (QED) is 0.627. The van der Waals surface area contributed by atoms with Crippen molar-refractivity contribution in [2.45, 2.75) is 31.2 Å². The zero-order valence-corrected chi connectivity index (χ0v) is 19.2. The minimum atomic E-state index is -3.56. The highest BCUT2D eigenvalue weighted by molar-refractivity contribution is 7.89. The Morgan fingerprint density at radius 1 is 1.00 bits per heavy atom. The van der Waals surface area contributed by atoms with Crippen molar-refractivity contribution in [3.8, 4) is 5.75 Å². The molecule has 1 aliphatic heterocycles. The third-order valence-corrected chi connectivity index (χ3v) is 7.47. The number of nitrogens with one attached hydrogen (secondary N) is 2. The average molecular weight is 460 g/mol. The van der Waals surface area contributed by atoms with Crippen LogP contribution in [0.15, 0.2) is 53.4 Å². The second kappa shape index (κ2) is 10.6. The van der Waals surface area contributed by atoms with Gasteiger partial charge < -0.3 is 15.4 Å². The standard InChI is InChI=1S/C23H29N3O5S/c1-17-3-9-21(10-4-17)32(29,30)26-13-11-19(12-14-26)23(28)25-16-22(27)24-15-18-5-7-20(31-2)8-6-18/h3-10,19H,11-16H2,1-2H3,(H,24,27)(H,25,28). The van der Waals surface area contributed by atoms with Gasteiger partial charge in [0.1, 0.15) is 5.75 Å². The first-order valence-corrected chi connectivity index (χ1v) is 12.0. The highest BCUT2D eigenvalue weighted by Crippen LogP contribution is 2.24. The van der Waals surface area contributed by atoms with Crippen LogP contribution >= 0.6 is 0 Å². The van der Waals surface area contributed by atoms with Gasteiger partial charge in [-0.1, -0.05) is 29.8 Å². The number of sulfonamides is 1. The number of piperidine rings is 1. The number of amides is 2. The molecule has 1 fully saturated rings. The first-order valence-electron chi connectivity index (χ1n) is 10.5. The summed E-state index contributed by atoms with van der Waals surface area (Å²) in [6, 6.07) is 14.1. The van der Waals surface area contributed by atoms with Crippen molar-refractivity contribution in [1.82, 2.24) is 14.9 Å². The van der Waals surface area contributed by atoms with Gasteiger partial charge in [0.05, 0.1) is 18.6 Å². The summed E-state index contributed by atoms with van der Waals surface area (Å²) in [6.45, 7) is 2.70. The van der Waals surface area contributed by atoms with Crippen LogP contribution < -0.4 is 15.4 Å². The van der Waals surface area contributed by atoms with E-state index in [1.54, 1.807) is 31.4 Å². The molecule has 0 radical (unpaired) electrons. The van der Waals surface area contributed by atoms with Gasteiger partial charge in [0.25, 0.3) is 0 Å². The lowest BCUT2D eigenvalue weighted by Gasteiger charge is -2.30. The Labute approximate surface area is 189 Å². The number of methoxy groups -OCH3 is 1. The number of hydrogen-bond acceptors (Lipinski definition) is 5. The monoisotopic (exact) mass is 459 g/mol. The van der Waals surface area contributed by atoms with Crippen molar-refractivity contribution >= 4 is 21.8 Å². The molecule has 1 aliphatic rings. The number of aryl methyl sites for hydroxylation is 1. The molecule has 0 aliphatic carbocycles. The zero-order chi connectivity index (χ0) is 23.1. The normalized spacial score (nSPS) is 15.2. The van der Waals surface area contributed by atoms with E-state index in [1.165, 1.54) is 4.31 Å². The summed E-state index contributed by atoms with van der Waals surface area (Å²) < 4.78 is 32.1. The first kappa shape index (κ1) is 23.7. The molecule has 0 saturated carbocycles. The predicted molar refractivity (Wildman–Crippen MR) is 121 cm³/mol. The molecule has 172 valence electrons. The van der Waals surface area contributed by atoms with E-state index in [1.807, 2.05) is 31.2 Å². The number of benzene rings is 2. The van der Waals surface area contributed by atoms with Gasteiger partial charge >= 0.3 is 0 Å². The fraction of sp³-hybridized carbons (Fsp3) is 0.391. The van der Waals surface area contributed by atoms with E-state index in [9.17, 15) is 18.0 Å². The number of rotatable bonds is 8. The zero-order valence-electron chi connectivity index (χ0n) is 18.3. The largest absolute Gasteiger partial charge is 0.497 e. The molecule has 3 rings (SSSR count). The SMILES string of the molecule is COc1ccc(CNC(=O)CNC(=O)C2CCN(S(=O)(=O)c3ccc(C)cc3)CC2)cc1. The van der Waals surface area contributed by atoms with Crippen LogP contribution in [0, 0.1) is 12.8 Å². The molecule has 1 heterocycles. The highest BCUT2D eigenvalue weighted by Gasteiger charge is 2.32. The summed E-state index contributed by atoms with van der Waals surface area (Å²) in [7, 11) is -1.97. The molecule has 2 aromatic carbocycles. The second-order valence-corrected chi connectivity index (χ2v) is 9.77. The van der Waals surface area contributed by atoms with E-state index in [0.29, 0.717) is 19.4 Å². The topological polar surface area (TPSA) is 105 Å². The fourth-order valence-corrected chi connectivity index (χ4v) is 5.01. The van der Waals surface area contributed by atoms with E-state index < -0.39 is 10.0 Å². The minimum Gasteiger partial charge on any atom is -0.497 e. The molecule has 0 bridgehead atoms. The molecule has 2 amide bonds. The minimum absolute atomic E-state index is 0.114. The average Bonchev–Trinajstić information content (AvgIpc) is 2.82. The van der Waals surface area contributed by atoms with Crippen LogP contribution in [0.2, 0.25) is 0 Å². The van der Waals surface area contributed by atoms with Crippen molar-refractivity contribution in [3.63, 3.8) is 0 Å². The molecule has 32 heavy (non-hydrogen) atoms. The van der Waals surface area contributed by atoms with Crippen molar-refractivity contribution in [2.75, 3.05) is 26.7 Å². The maximum atomic E-state index is 12.8. The van der Waals surface area contributed by atoms with Gasteiger partial charge in [-0.15, -0.1) is 0 Å². The first-order chi connectivity index (χ1) is 15.3. The van der Waals surface area contributed by atoms with Crippen molar-refractivity contribution in [3.05, 3.63) is 59.7 Å². The summed E-state index contributed by atoms with van der Waals surface area (Å²) in [5, 5.41) is 5.42. The number of carbonyl (C=O) groups excluding carboxylic acids is 2. The summed E-state index contributed by atoms with van der Waals surface area (Å²) >= 11 is 0. The fourth-order valence-electron chi connectivity index (χ4n) is 3.54. The molecule has 2 aromatic rings. The molecule has 9 heteroatoms. The van der Waals surface area contributed by atoms with Gasteiger partial charge in [-0.3, -0.25) is 9.59 Å². The van der Waals surface area contributed by atoms with Gasteiger partial charge in [-0.25, -0.2) is 8.42 Å². The van der Waals surface area contributed by atoms with E-state index in [2.05, 4.69) is 10.6 Å². The van der Waals surface area contributed by atoms with Gasteiger partial charge in [0.15, 0.2) is 0 Å². The number of ether oxygens (including phenoxy) is 1. The van der Waals surface area contributed by atoms with Crippen LogP contribution in [0.3, 0.4) is 0 Å². The third-order valence-electron chi connectivity index (χ3n) is 5.56. The molecule has 0 atom stereocenters. The highest BCUT2D eigenvalue weighted by atomic mass is 32.2. The van der Waals surface area contributed by atoms with Crippen LogP contribution in [0.25, 0.3) is 0 Å². The van der Waals surface area contributed by atoms with Crippen molar-refractivity contribution in [1.29, 1.82) is 0 Å². The van der Waals surface area contributed by atoms with Crippen LogP contribution in [0.1, 0.15) is 24.0 Å². The van der Waals surface area contributed by atoms with E-state index in [-0.39, 0.29) is 42.3 Å². The molecule has 8 nitrogen and oxygen atoms in total. The number of nitrogens with zero attached hydrogens (tertiary/aromatic N) is 1. The number of carbonyl (C=O) groups is 2. The Morgan fingerprint density at radius 2 is 1.62 bits per heavy atom. The van der Waals surface area contributed by atoms with Crippen LogP contribution in [-0.4, -0.2) is 51.3 Å². The lowest BCUT2D eigenvalue weighted by Crippen LogP contribution is -2.45. The molecule has 2 N–H and O–H groups in total. The Balaban J connectivity index is 1.42. The molecule has 0 unspecified atom stereocenters. The summed E-state index contributed by atoms with van der Waals surface area (Å²) in [5.41, 5.74) is 1.92. The maximum absolute atomic E-state index is 12.8. The Hall–Kier alpha value is -2.91. The summed E-state index contributed by atoms with van der Waals surface area (Å²) in [6.07, 6.45) is 0.842. The summed E-state index contributed by atoms with van der Waals surface area (Å²) in [5.74, 6) is -0.0792. The van der Waals surface area contributed by atoms with Gasteiger partial charge in [-0.2, -0.15) is 4.31 Å². The molecule has 1 saturated heterocycles. The third kappa shape index (κ3) is 6.08. The summed E-state index contributed by atoms with van der Waals surface area (Å²) in [4.78, 5) is 24.8. The predicted octanol–water partition coefficient (Wildman–Crippen LogP) is 1.84. The van der Waals surface area contributed by atoms with Crippen LogP contribution in [0.4, 0.5) is 0 Å². The van der Waals surface area contributed by atoms with Crippen molar-refractivity contribution < 1.29 is 22.7 Å². The lowest BCUT2D eigenvalue weighted by atomic mass is 9.97. The van der Waals surface area contributed by atoms with Gasteiger partial charge in [-0.05, 0) is 49.6 Å². The van der Waals surface area contributed by atoms with Crippen molar-refractivity contribution in [2.24, 2.45) is 5.92 Å². The molecule has 0 spiro atoms. The molecular weight excluding hydrogens is 430 g/mol. The number of hydrogen-bond donors (Lipinski definition) is 2. The van der Waals surface area contributed by atoms with Gasteiger partial charge in [0.2, 0.25) is 21.8 Å². The Bertz CT molecular complexity index is 1030. The Morgan fingerprint density at radius 3 is 2.22 bits per heavy atom.